The van der Waals surface area contributed by atoms with Gasteiger partial charge in [0, 0.05) is 19.5 Å². The lowest BCUT2D eigenvalue weighted by Gasteiger charge is -2.19. The summed E-state index contributed by atoms with van der Waals surface area (Å²) in [6.07, 6.45) is 2.37. The summed E-state index contributed by atoms with van der Waals surface area (Å²) < 4.78 is 9.72. The third-order valence-corrected chi connectivity index (χ3v) is 2.65. The van der Waals surface area contributed by atoms with Crippen LogP contribution in [0.1, 0.15) is 32.6 Å². The Hall–Kier alpha value is -1.26. The molecule has 5 heteroatoms. The van der Waals surface area contributed by atoms with E-state index in [1.165, 1.54) is 7.11 Å². The third kappa shape index (κ3) is 4.08. The second kappa shape index (κ2) is 6.35. The van der Waals surface area contributed by atoms with Crippen molar-refractivity contribution in [2.24, 2.45) is 0 Å². The van der Waals surface area contributed by atoms with Crippen molar-refractivity contribution in [1.82, 2.24) is 4.90 Å². The van der Waals surface area contributed by atoms with E-state index in [4.69, 9.17) is 4.74 Å². The van der Waals surface area contributed by atoms with Crippen LogP contribution >= 0.6 is 0 Å². The first kappa shape index (κ1) is 12.8. The normalized spacial score (nSPS) is 17.0. The number of esters is 1. The zero-order valence-electron chi connectivity index (χ0n) is 9.90. The lowest BCUT2D eigenvalue weighted by atomic mass is 10.2. The number of likely N-dealkylation sites (tertiary alicyclic amines) is 1. The van der Waals surface area contributed by atoms with Crippen LogP contribution in [0.2, 0.25) is 0 Å². The van der Waals surface area contributed by atoms with Gasteiger partial charge in [0.2, 0.25) is 0 Å². The molecule has 1 aliphatic rings. The summed E-state index contributed by atoms with van der Waals surface area (Å²) in [5.41, 5.74) is 0. The Bertz CT molecular complexity index is 248. The summed E-state index contributed by atoms with van der Waals surface area (Å²) >= 11 is 0. The van der Waals surface area contributed by atoms with Gasteiger partial charge in [-0.05, 0) is 26.2 Å². The van der Waals surface area contributed by atoms with Gasteiger partial charge >= 0.3 is 12.1 Å². The number of rotatable bonds is 4. The van der Waals surface area contributed by atoms with E-state index in [0.29, 0.717) is 6.42 Å². The highest BCUT2D eigenvalue weighted by atomic mass is 16.6. The molecule has 16 heavy (non-hydrogen) atoms. The van der Waals surface area contributed by atoms with E-state index in [1.54, 1.807) is 11.8 Å². The summed E-state index contributed by atoms with van der Waals surface area (Å²) in [4.78, 5) is 24.1. The Morgan fingerprint density at radius 1 is 1.31 bits per heavy atom. The molecular weight excluding hydrogens is 210 g/mol. The number of amides is 1. The van der Waals surface area contributed by atoms with Gasteiger partial charge in [-0.3, -0.25) is 4.79 Å². The highest BCUT2D eigenvalue weighted by molar-refractivity contribution is 5.69. The van der Waals surface area contributed by atoms with E-state index in [9.17, 15) is 9.59 Å². The van der Waals surface area contributed by atoms with Crippen LogP contribution in [0.3, 0.4) is 0 Å². The van der Waals surface area contributed by atoms with Crippen molar-refractivity contribution in [3.05, 3.63) is 0 Å². The van der Waals surface area contributed by atoms with Gasteiger partial charge in [0.05, 0.1) is 7.11 Å². The molecule has 0 saturated carbocycles. The largest absolute Gasteiger partial charge is 0.469 e. The molecule has 0 aromatic carbocycles. The van der Waals surface area contributed by atoms with E-state index >= 15 is 0 Å². The minimum Gasteiger partial charge on any atom is -0.469 e. The van der Waals surface area contributed by atoms with E-state index in [0.717, 1.165) is 25.9 Å². The van der Waals surface area contributed by atoms with E-state index in [2.05, 4.69) is 4.74 Å². The van der Waals surface area contributed by atoms with Crippen molar-refractivity contribution in [3.8, 4) is 0 Å². The average molecular weight is 229 g/mol. The lowest BCUT2D eigenvalue weighted by molar-refractivity contribution is -0.141. The molecule has 0 N–H and O–H groups in total. The Balaban J connectivity index is 2.19. The fourth-order valence-corrected chi connectivity index (χ4v) is 1.63. The molecule has 1 fully saturated rings. The van der Waals surface area contributed by atoms with E-state index in [1.807, 2.05) is 0 Å². The molecule has 0 aromatic rings. The molecular formula is C11H19NO4. The maximum absolute atomic E-state index is 11.6. The van der Waals surface area contributed by atoms with E-state index in [-0.39, 0.29) is 24.6 Å². The molecule has 1 atom stereocenters. The van der Waals surface area contributed by atoms with Crippen molar-refractivity contribution in [2.75, 3.05) is 20.2 Å². The van der Waals surface area contributed by atoms with Gasteiger partial charge < -0.3 is 14.4 Å². The quantitative estimate of drug-likeness (QED) is 0.686. The number of ether oxygens (including phenoxy) is 2. The van der Waals surface area contributed by atoms with Gasteiger partial charge in [0.1, 0.15) is 6.10 Å². The first-order valence-corrected chi connectivity index (χ1v) is 5.66. The Labute approximate surface area is 95.7 Å². The lowest BCUT2D eigenvalue weighted by Crippen LogP contribution is -2.31. The Morgan fingerprint density at radius 3 is 2.50 bits per heavy atom. The summed E-state index contributed by atoms with van der Waals surface area (Å²) in [6.45, 7) is 3.35. The molecule has 0 radical (unpaired) electrons. The predicted molar refractivity (Wildman–Crippen MR) is 58.0 cm³/mol. The van der Waals surface area contributed by atoms with E-state index < -0.39 is 0 Å². The van der Waals surface area contributed by atoms with Crippen LogP contribution in [0.25, 0.3) is 0 Å². The fraction of sp³-hybridized carbons (Fsp3) is 0.818. The second-order valence-electron chi connectivity index (χ2n) is 4.00. The monoisotopic (exact) mass is 229 g/mol. The average Bonchev–Trinajstić information content (AvgIpc) is 2.79. The standard InChI is InChI=1S/C11H19NO4/c1-9(5-6-10(13)15-2)16-11(14)12-7-3-4-8-12/h9H,3-8H2,1-2H3/t9-/m1/s1. The second-order valence-corrected chi connectivity index (χ2v) is 4.00. The number of carbonyl (C=O) groups excluding carboxylic acids is 2. The van der Waals surface area contributed by atoms with Gasteiger partial charge in [0.15, 0.2) is 0 Å². The van der Waals surface area contributed by atoms with Gasteiger partial charge in [-0.25, -0.2) is 4.79 Å². The highest BCUT2D eigenvalue weighted by Gasteiger charge is 2.21. The topological polar surface area (TPSA) is 55.8 Å². The number of hydrogen-bond donors (Lipinski definition) is 0. The molecule has 0 unspecified atom stereocenters. The van der Waals surface area contributed by atoms with Crippen LogP contribution in [-0.4, -0.2) is 43.3 Å². The zero-order chi connectivity index (χ0) is 12.0. The van der Waals surface area contributed by atoms with Crippen molar-refractivity contribution >= 4 is 12.1 Å². The molecule has 92 valence electrons. The Morgan fingerprint density at radius 2 is 1.94 bits per heavy atom. The van der Waals surface area contributed by atoms with Crippen molar-refractivity contribution in [3.63, 3.8) is 0 Å². The van der Waals surface area contributed by atoms with Gasteiger partial charge in [-0.1, -0.05) is 0 Å². The Kier molecular flexibility index (Phi) is 5.08. The van der Waals surface area contributed by atoms with Gasteiger partial charge in [-0.15, -0.1) is 0 Å². The highest BCUT2D eigenvalue weighted by Crippen LogP contribution is 2.11. The number of carbonyl (C=O) groups is 2. The molecule has 1 amide bonds. The molecule has 1 aliphatic heterocycles. The smallest absolute Gasteiger partial charge is 0.410 e. The van der Waals surface area contributed by atoms with Gasteiger partial charge in [-0.2, -0.15) is 0 Å². The van der Waals surface area contributed by atoms with Crippen molar-refractivity contribution in [2.45, 2.75) is 38.7 Å². The summed E-state index contributed by atoms with van der Waals surface area (Å²) in [6, 6.07) is 0. The van der Waals surface area contributed by atoms with Crippen LogP contribution in [0.4, 0.5) is 4.79 Å². The minimum atomic E-state index is -0.274. The first-order chi connectivity index (χ1) is 7.63. The van der Waals surface area contributed by atoms with Crippen LogP contribution in [0.5, 0.6) is 0 Å². The summed E-state index contributed by atoms with van der Waals surface area (Å²) in [5.74, 6) is -0.274. The van der Waals surface area contributed by atoms with Crippen LogP contribution < -0.4 is 0 Å². The molecule has 0 bridgehead atoms. The third-order valence-electron chi connectivity index (χ3n) is 2.65. The summed E-state index contributed by atoms with van der Waals surface area (Å²) in [5, 5.41) is 0. The molecule has 1 heterocycles. The first-order valence-electron chi connectivity index (χ1n) is 5.66. The molecule has 1 saturated heterocycles. The number of methoxy groups -OCH3 is 1. The SMILES string of the molecule is COC(=O)CC[C@@H](C)OC(=O)N1CCCC1. The molecule has 1 rings (SSSR count). The minimum absolute atomic E-state index is 0.243. The van der Waals surface area contributed by atoms with Gasteiger partial charge in [0.25, 0.3) is 0 Å². The summed E-state index contributed by atoms with van der Waals surface area (Å²) in [7, 11) is 1.35. The van der Waals surface area contributed by atoms with Crippen molar-refractivity contribution < 1.29 is 19.1 Å². The molecule has 0 spiro atoms. The molecule has 0 aromatic heterocycles. The maximum atomic E-state index is 11.6. The zero-order valence-corrected chi connectivity index (χ0v) is 9.90. The molecule has 0 aliphatic carbocycles. The van der Waals surface area contributed by atoms with Crippen LogP contribution in [-0.2, 0) is 14.3 Å². The number of nitrogens with zero attached hydrogens (tertiary/aromatic N) is 1. The maximum Gasteiger partial charge on any atom is 0.410 e. The van der Waals surface area contributed by atoms with Crippen molar-refractivity contribution in [1.29, 1.82) is 0 Å². The number of hydrogen-bond acceptors (Lipinski definition) is 4. The van der Waals surface area contributed by atoms with Crippen LogP contribution in [0.15, 0.2) is 0 Å². The molecule has 5 nitrogen and oxygen atoms in total. The van der Waals surface area contributed by atoms with Crippen LogP contribution in [0, 0.1) is 0 Å². The fourth-order valence-electron chi connectivity index (χ4n) is 1.63. The predicted octanol–water partition coefficient (Wildman–Crippen LogP) is 1.56.